The molecule has 162 valence electrons. The maximum Gasteiger partial charge on any atom is 0.259 e. The zero-order chi connectivity index (χ0) is 21.6. The van der Waals surface area contributed by atoms with Crippen molar-refractivity contribution in [1.82, 2.24) is 14.5 Å². The Morgan fingerprint density at radius 1 is 1.13 bits per heavy atom. The molecule has 0 bridgehead atoms. The standard InChI is InChI=1S/C20H26N4O4S2/c21-11-12-22-19(26)20-23(17(25)10-9-16-6-2-1-3-7-16)13-5-14-24(20)30(27,28)18-8-4-15-29-18/h1-4,6-8,15,20H,5,9-14,21H2,(H,22,26). The number of carbonyl (C=O) groups excluding carboxylic acids is 2. The molecule has 1 atom stereocenters. The van der Waals surface area contributed by atoms with Crippen molar-refractivity contribution in [2.45, 2.75) is 29.6 Å². The lowest BCUT2D eigenvalue weighted by atomic mass is 10.1. The molecule has 2 heterocycles. The molecule has 0 radical (unpaired) electrons. The number of hydrogen-bond donors (Lipinski definition) is 2. The van der Waals surface area contributed by atoms with Crippen molar-refractivity contribution >= 4 is 33.2 Å². The third-order valence-corrected chi connectivity index (χ3v) is 8.10. The zero-order valence-corrected chi connectivity index (χ0v) is 18.2. The van der Waals surface area contributed by atoms with Gasteiger partial charge in [0.25, 0.3) is 15.9 Å². The molecule has 30 heavy (non-hydrogen) atoms. The van der Waals surface area contributed by atoms with E-state index in [1.807, 2.05) is 30.3 Å². The minimum Gasteiger partial charge on any atom is -0.352 e. The number of nitrogens with zero attached hydrogens (tertiary/aromatic N) is 2. The molecule has 1 aliphatic heterocycles. The van der Waals surface area contributed by atoms with Crippen LogP contribution in [-0.4, -0.2) is 61.8 Å². The van der Waals surface area contributed by atoms with Gasteiger partial charge in [0, 0.05) is 32.6 Å². The summed E-state index contributed by atoms with van der Waals surface area (Å²) in [6.07, 6.45) is -0.0501. The fourth-order valence-electron chi connectivity index (χ4n) is 3.43. The highest BCUT2D eigenvalue weighted by atomic mass is 32.2. The third-order valence-electron chi connectivity index (χ3n) is 4.87. The van der Waals surface area contributed by atoms with E-state index in [-0.39, 0.29) is 36.2 Å². The van der Waals surface area contributed by atoms with Gasteiger partial charge < -0.3 is 16.0 Å². The normalized spacial score (nSPS) is 17.6. The number of aryl methyl sites for hydroxylation is 1. The average molecular weight is 451 g/mol. The summed E-state index contributed by atoms with van der Waals surface area (Å²) in [5.74, 6) is -0.786. The quantitative estimate of drug-likeness (QED) is 0.623. The average Bonchev–Trinajstić information content (AvgIpc) is 3.32. The molecular formula is C20H26N4O4S2. The summed E-state index contributed by atoms with van der Waals surface area (Å²) in [6, 6.07) is 12.7. The second kappa shape index (κ2) is 10.2. The van der Waals surface area contributed by atoms with Crippen LogP contribution in [0.3, 0.4) is 0 Å². The molecule has 2 amide bonds. The highest BCUT2D eigenvalue weighted by Gasteiger charge is 2.44. The number of hydrogen-bond acceptors (Lipinski definition) is 6. The Labute approximate surface area is 180 Å². The molecule has 10 heteroatoms. The van der Waals surface area contributed by atoms with E-state index in [9.17, 15) is 18.0 Å². The summed E-state index contributed by atoms with van der Waals surface area (Å²) in [7, 11) is -3.91. The molecule has 1 fully saturated rings. The first-order valence-corrected chi connectivity index (χ1v) is 12.1. The Kier molecular flexibility index (Phi) is 7.59. The van der Waals surface area contributed by atoms with Gasteiger partial charge in [0.2, 0.25) is 5.91 Å². The van der Waals surface area contributed by atoms with Crippen molar-refractivity contribution in [2.24, 2.45) is 5.73 Å². The largest absolute Gasteiger partial charge is 0.352 e. The first kappa shape index (κ1) is 22.4. The van der Waals surface area contributed by atoms with Crippen molar-refractivity contribution in [2.75, 3.05) is 26.2 Å². The fraction of sp³-hybridized carbons (Fsp3) is 0.400. The zero-order valence-electron chi connectivity index (χ0n) is 16.6. The number of amides is 2. The van der Waals surface area contributed by atoms with Gasteiger partial charge in [-0.2, -0.15) is 4.31 Å². The van der Waals surface area contributed by atoms with E-state index >= 15 is 0 Å². The lowest BCUT2D eigenvalue weighted by Crippen LogP contribution is -2.63. The first-order chi connectivity index (χ1) is 14.4. The predicted molar refractivity (Wildman–Crippen MR) is 115 cm³/mol. The summed E-state index contributed by atoms with van der Waals surface area (Å²) in [5.41, 5.74) is 6.49. The van der Waals surface area contributed by atoms with Gasteiger partial charge in [-0.1, -0.05) is 36.4 Å². The topological polar surface area (TPSA) is 113 Å². The maximum absolute atomic E-state index is 13.2. The molecule has 1 aromatic heterocycles. The number of nitrogens with one attached hydrogen (secondary N) is 1. The Morgan fingerprint density at radius 2 is 1.90 bits per heavy atom. The van der Waals surface area contributed by atoms with Crippen LogP contribution in [0.5, 0.6) is 0 Å². The molecule has 1 unspecified atom stereocenters. The third kappa shape index (κ3) is 5.07. The van der Waals surface area contributed by atoms with Gasteiger partial charge in [0.05, 0.1) is 0 Å². The Morgan fingerprint density at radius 3 is 2.57 bits per heavy atom. The van der Waals surface area contributed by atoms with E-state index in [1.54, 1.807) is 11.4 Å². The van der Waals surface area contributed by atoms with Gasteiger partial charge in [0.1, 0.15) is 4.21 Å². The lowest BCUT2D eigenvalue weighted by molar-refractivity contribution is -0.147. The van der Waals surface area contributed by atoms with Crippen LogP contribution in [0.15, 0.2) is 52.1 Å². The van der Waals surface area contributed by atoms with Crippen molar-refractivity contribution in [1.29, 1.82) is 0 Å². The van der Waals surface area contributed by atoms with Crippen LogP contribution in [0.4, 0.5) is 0 Å². The fourth-order valence-corrected chi connectivity index (χ4v) is 6.15. The Balaban J connectivity index is 1.84. The summed E-state index contributed by atoms with van der Waals surface area (Å²) >= 11 is 1.09. The van der Waals surface area contributed by atoms with E-state index in [4.69, 9.17) is 5.73 Å². The molecular weight excluding hydrogens is 424 g/mol. The monoisotopic (exact) mass is 450 g/mol. The van der Waals surface area contributed by atoms with Crippen LogP contribution in [0.2, 0.25) is 0 Å². The Hall–Kier alpha value is -2.27. The van der Waals surface area contributed by atoms with Gasteiger partial charge in [-0.3, -0.25) is 9.59 Å². The van der Waals surface area contributed by atoms with Gasteiger partial charge in [-0.25, -0.2) is 8.42 Å². The molecule has 0 spiro atoms. The molecule has 2 aromatic rings. The molecule has 1 saturated heterocycles. The van der Waals surface area contributed by atoms with E-state index in [2.05, 4.69) is 5.32 Å². The van der Waals surface area contributed by atoms with E-state index in [0.29, 0.717) is 19.4 Å². The minimum absolute atomic E-state index is 0.151. The molecule has 3 N–H and O–H groups in total. The van der Waals surface area contributed by atoms with Crippen LogP contribution in [0.25, 0.3) is 0 Å². The van der Waals surface area contributed by atoms with Crippen LogP contribution in [0.1, 0.15) is 18.4 Å². The summed E-state index contributed by atoms with van der Waals surface area (Å²) in [6.45, 7) is 0.917. The minimum atomic E-state index is -3.91. The van der Waals surface area contributed by atoms with E-state index in [0.717, 1.165) is 21.2 Å². The second-order valence-electron chi connectivity index (χ2n) is 6.93. The smallest absolute Gasteiger partial charge is 0.259 e. The molecule has 0 saturated carbocycles. The van der Waals surface area contributed by atoms with Crippen molar-refractivity contribution < 1.29 is 18.0 Å². The van der Waals surface area contributed by atoms with Crippen LogP contribution in [-0.2, 0) is 26.0 Å². The molecule has 8 nitrogen and oxygen atoms in total. The highest BCUT2D eigenvalue weighted by Crippen LogP contribution is 2.27. The van der Waals surface area contributed by atoms with Crippen LogP contribution >= 0.6 is 11.3 Å². The number of nitrogens with two attached hydrogens (primary N) is 1. The van der Waals surface area contributed by atoms with Gasteiger partial charge in [0.15, 0.2) is 6.17 Å². The molecule has 3 rings (SSSR count). The van der Waals surface area contributed by atoms with Crippen LogP contribution < -0.4 is 11.1 Å². The summed E-state index contributed by atoms with van der Waals surface area (Å²) < 4.78 is 27.6. The Bertz CT molecular complexity index is 948. The van der Waals surface area contributed by atoms with Crippen LogP contribution in [0, 0.1) is 0 Å². The number of benzene rings is 1. The van der Waals surface area contributed by atoms with E-state index < -0.39 is 22.1 Å². The van der Waals surface area contributed by atoms with Crippen molar-refractivity contribution in [3.8, 4) is 0 Å². The second-order valence-corrected chi connectivity index (χ2v) is 9.99. The highest BCUT2D eigenvalue weighted by molar-refractivity contribution is 7.91. The number of sulfonamides is 1. The number of carbonyl (C=O) groups is 2. The van der Waals surface area contributed by atoms with Crippen molar-refractivity contribution in [3.63, 3.8) is 0 Å². The number of thiophene rings is 1. The summed E-state index contributed by atoms with van der Waals surface area (Å²) in [4.78, 5) is 27.3. The van der Waals surface area contributed by atoms with Gasteiger partial charge in [-0.15, -0.1) is 11.3 Å². The molecule has 1 aromatic carbocycles. The SMILES string of the molecule is NCCNC(=O)C1N(C(=O)CCc2ccccc2)CCCN1S(=O)(=O)c1cccs1. The molecule has 1 aliphatic rings. The maximum atomic E-state index is 13.2. The first-order valence-electron chi connectivity index (χ1n) is 9.81. The lowest BCUT2D eigenvalue weighted by Gasteiger charge is -2.41. The molecule has 0 aliphatic carbocycles. The van der Waals surface area contributed by atoms with Gasteiger partial charge in [-0.05, 0) is 29.9 Å². The van der Waals surface area contributed by atoms with Gasteiger partial charge >= 0.3 is 0 Å². The number of rotatable bonds is 8. The van der Waals surface area contributed by atoms with E-state index in [1.165, 1.54) is 11.0 Å². The predicted octanol–water partition coefficient (Wildman–Crippen LogP) is 1.00. The summed E-state index contributed by atoms with van der Waals surface area (Å²) in [5, 5.41) is 4.32. The van der Waals surface area contributed by atoms with Crippen molar-refractivity contribution in [3.05, 3.63) is 53.4 Å².